The molecule has 0 bridgehead atoms. The fraction of sp³-hybridized carbons (Fsp3) is 0.700. The Morgan fingerprint density at radius 2 is 2.13 bits per heavy atom. The fourth-order valence-corrected chi connectivity index (χ4v) is 5.73. The Bertz CT molecular complexity index is 549. The van der Waals surface area contributed by atoms with Crippen LogP contribution >= 0.6 is 0 Å². The first kappa shape index (κ1) is 16.8. The number of hydrogen-bond donors (Lipinski definition) is 2. The van der Waals surface area contributed by atoms with Crippen LogP contribution in [0.2, 0.25) is 0 Å². The second kappa shape index (κ2) is 6.10. The van der Waals surface area contributed by atoms with Crippen LogP contribution in [0.15, 0.2) is 35.2 Å². The second-order valence-electron chi connectivity index (χ2n) is 8.30. The fourth-order valence-electron chi connectivity index (χ4n) is 5.73. The van der Waals surface area contributed by atoms with Crippen molar-refractivity contribution in [2.75, 3.05) is 6.61 Å². The molecule has 1 aromatic rings. The SMILES string of the molecule is C=C1C[C@@H](O)[C@H]2[C@](C)(CO)CCC[C@]2(C)[C@@H]1CCc1ccoc1. The number of furan rings is 1. The third-order valence-corrected chi connectivity index (χ3v) is 6.73. The molecular weight excluding hydrogens is 288 g/mol. The van der Waals surface area contributed by atoms with Crippen molar-refractivity contribution in [2.45, 2.75) is 58.5 Å². The van der Waals surface area contributed by atoms with Crippen molar-refractivity contribution in [3.8, 4) is 0 Å². The molecule has 1 aromatic heterocycles. The van der Waals surface area contributed by atoms with Crippen LogP contribution in [0.1, 0.15) is 51.5 Å². The highest BCUT2D eigenvalue weighted by Crippen LogP contribution is 2.61. The number of aliphatic hydroxyl groups excluding tert-OH is 2. The van der Waals surface area contributed by atoms with E-state index in [9.17, 15) is 10.2 Å². The van der Waals surface area contributed by atoms with E-state index in [2.05, 4.69) is 20.4 Å². The van der Waals surface area contributed by atoms with E-state index in [0.717, 1.165) is 32.1 Å². The number of fused-ring (bicyclic) bond motifs is 1. The monoisotopic (exact) mass is 318 g/mol. The summed E-state index contributed by atoms with van der Waals surface area (Å²) >= 11 is 0. The van der Waals surface area contributed by atoms with E-state index in [1.165, 1.54) is 11.1 Å². The van der Waals surface area contributed by atoms with E-state index in [4.69, 9.17) is 4.42 Å². The topological polar surface area (TPSA) is 53.6 Å². The molecule has 2 N–H and O–H groups in total. The highest BCUT2D eigenvalue weighted by atomic mass is 16.3. The molecule has 0 radical (unpaired) electrons. The molecule has 0 aliphatic heterocycles. The lowest BCUT2D eigenvalue weighted by Crippen LogP contribution is -2.57. The van der Waals surface area contributed by atoms with Gasteiger partial charge in [-0.1, -0.05) is 32.4 Å². The number of rotatable bonds is 4. The molecule has 3 rings (SSSR count). The molecule has 0 saturated heterocycles. The van der Waals surface area contributed by atoms with Crippen molar-refractivity contribution < 1.29 is 14.6 Å². The van der Waals surface area contributed by atoms with E-state index in [0.29, 0.717) is 12.3 Å². The molecule has 0 aromatic carbocycles. The van der Waals surface area contributed by atoms with Gasteiger partial charge in [-0.15, -0.1) is 0 Å². The number of aryl methyl sites for hydroxylation is 1. The molecule has 2 saturated carbocycles. The highest BCUT2D eigenvalue weighted by Gasteiger charge is 2.57. The molecule has 2 fully saturated rings. The Morgan fingerprint density at radius 3 is 2.78 bits per heavy atom. The molecular formula is C20H30O3. The lowest BCUT2D eigenvalue weighted by molar-refractivity contribution is -0.142. The molecule has 0 unspecified atom stereocenters. The van der Waals surface area contributed by atoms with Crippen LogP contribution in [0.4, 0.5) is 0 Å². The van der Waals surface area contributed by atoms with E-state index in [-0.39, 0.29) is 29.5 Å². The Balaban J connectivity index is 1.87. The summed E-state index contributed by atoms with van der Waals surface area (Å²) in [6.45, 7) is 8.94. The molecule has 1 heterocycles. The lowest BCUT2D eigenvalue weighted by atomic mass is 9.46. The maximum absolute atomic E-state index is 10.8. The second-order valence-corrected chi connectivity index (χ2v) is 8.30. The first-order chi connectivity index (χ1) is 10.9. The van der Waals surface area contributed by atoms with Crippen LogP contribution in [0.3, 0.4) is 0 Å². The Hall–Kier alpha value is -1.06. The lowest BCUT2D eigenvalue weighted by Gasteiger charge is -2.60. The van der Waals surface area contributed by atoms with Gasteiger partial charge in [0.2, 0.25) is 0 Å². The largest absolute Gasteiger partial charge is 0.472 e. The van der Waals surface area contributed by atoms with Crippen molar-refractivity contribution in [3.63, 3.8) is 0 Å². The van der Waals surface area contributed by atoms with Gasteiger partial charge in [-0.3, -0.25) is 0 Å². The molecule has 128 valence electrons. The van der Waals surface area contributed by atoms with Crippen LogP contribution < -0.4 is 0 Å². The standard InChI is InChI=1S/C20H30O3/c1-14-11-17(22)18-19(2,13-21)8-4-9-20(18,3)16(14)6-5-15-7-10-23-12-15/h7,10,12,16-18,21-22H,1,4-6,8-9,11,13H2,2-3H3/t16-,17-,18+,19+,20-/m1/s1. The zero-order valence-electron chi connectivity index (χ0n) is 14.4. The summed E-state index contributed by atoms with van der Waals surface area (Å²) in [4.78, 5) is 0. The molecule has 3 heteroatoms. The summed E-state index contributed by atoms with van der Waals surface area (Å²) in [6.07, 6.45) is 9.09. The van der Waals surface area contributed by atoms with Crippen molar-refractivity contribution in [1.29, 1.82) is 0 Å². The van der Waals surface area contributed by atoms with E-state index in [1.807, 2.05) is 12.3 Å². The average molecular weight is 318 g/mol. The third-order valence-electron chi connectivity index (χ3n) is 6.73. The molecule has 5 atom stereocenters. The highest BCUT2D eigenvalue weighted by molar-refractivity contribution is 5.20. The van der Waals surface area contributed by atoms with Gasteiger partial charge in [-0.2, -0.15) is 0 Å². The Morgan fingerprint density at radius 1 is 1.35 bits per heavy atom. The third kappa shape index (κ3) is 2.78. The van der Waals surface area contributed by atoms with Crippen LogP contribution in [0, 0.1) is 22.7 Å². The number of hydrogen-bond acceptors (Lipinski definition) is 3. The van der Waals surface area contributed by atoms with Gasteiger partial charge in [-0.25, -0.2) is 0 Å². The van der Waals surface area contributed by atoms with Gasteiger partial charge < -0.3 is 14.6 Å². The van der Waals surface area contributed by atoms with E-state index in [1.54, 1.807) is 6.26 Å². The summed E-state index contributed by atoms with van der Waals surface area (Å²) in [5, 5.41) is 20.8. The number of aliphatic hydroxyl groups is 2. The minimum absolute atomic E-state index is 0.0220. The predicted molar refractivity (Wildman–Crippen MR) is 90.9 cm³/mol. The minimum Gasteiger partial charge on any atom is -0.472 e. The first-order valence-corrected chi connectivity index (χ1v) is 8.88. The van der Waals surface area contributed by atoms with Gasteiger partial charge >= 0.3 is 0 Å². The zero-order chi connectivity index (χ0) is 16.7. The first-order valence-electron chi connectivity index (χ1n) is 8.88. The molecule has 3 nitrogen and oxygen atoms in total. The van der Waals surface area contributed by atoms with Crippen LogP contribution in [0.5, 0.6) is 0 Å². The van der Waals surface area contributed by atoms with Gasteiger partial charge in [0.25, 0.3) is 0 Å². The van der Waals surface area contributed by atoms with Gasteiger partial charge in [0.05, 0.1) is 18.6 Å². The summed E-state index contributed by atoms with van der Waals surface area (Å²) < 4.78 is 5.19. The molecule has 0 amide bonds. The molecule has 2 aliphatic rings. The molecule has 23 heavy (non-hydrogen) atoms. The Labute approximate surface area is 139 Å². The zero-order valence-corrected chi connectivity index (χ0v) is 14.4. The smallest absolute Gasteiger partial charge is 0.0934 e. The van der Waals surface area contributed by atoms with Crippen molar-refractivity contribution in [1.82, 2.24) is 0 Å². The Kier molecular flexibility index (Phi) is 4.45. The van der Waals surface area contributed by atoms with Crippen LogP contribution in [-0.2, 0) is 6.42 Å². The maximum atomic E-state index is 10.8. The quantitative estimate of drug-likeness (QED) is 0.826. The summed E-state index contributed by atoms with van der Waals surface area (Å²) in [6, 6.07) is 2.03. The summed E-state index contributed by atoms with van der Waals surface area (Å²) in [5.74, 6) is 0.547. The molecule has 2 aliphatic carbocycles. The van der Waals surface area contributed by atoms with Crippen molar-refractivity contribution >= 4 is 0 Å². The normalized spacial score (nSPS) is 40.9. The van der Waals surface area contributed by atoms with E-state index >= 15 is 0 Å². The van der Waals surface area contributed by atoms with Crippen molar-refractivity contribution in [2.24, 2.45) is 22.7 Å². The van der Waals surface area contributed by atoms with Gasteiger partial charge in [0, 0.05) is 6.61 Å². The van der Waals surface area contributed by atoms with Gasteiger partial charge in [0.15, 0.2) is 0 Å². The molecule has 0 spiro atoms. The van der Waals surface area contributed by atoms with E-state index < -0.39 is 0 Å². The van der Waals surface area contributed by atoms with Crippen molar-refractivity contribution in [3.05, 3.63) is 36.3 Å². The van der Waals surface area contributed by atoms with Crippen LogP contribution in [0.25, 0.3) is 0 Å². The minimum atomic E-state index is -0.380. The maximum Gasteiger partial charge on any atom is 0.0934 e. The van der Waals surface area contributed by atoms with Gasteiger partial charge in [-0.05, 0) is 66.4 Å². The van der Waals surface area contributed by atoms with Gasteiger partial charge in [0.1, 0.15) is 0 Å². The predicted octanol–water partition coefficient (Wildman–Crippen LogP) is 3.95. The summed E-state index contributed by atoms with van der Waals surface area (Å²) in [7, 11) is 0. The van der Waals surface area contributed by atoms with Crippen LogP contribution in [-0.4, -0.2) is 22.9 Å². The average Bonchev–Trinajstić information content (AvgIpc) is 2.99. The summed E-state index contributed by atoms with van der Waals surface area (Å²) in [5.41, 5.74) is 2.25.